The minimum Gasteiger partial charge on any atom is -0.331 e. The van der Waals surface area contributed by atoms with E-state index in [2.05, 4.69) is 19.1 Å². The third kappa shape index (κ3) is 5.31. The van der Waals surface area contributed by atoms with E-state index in [1.807, 2.05) is 0 Å². The van der Waals surface area contributed by atoms with Gasteiger partial charge in [0, 0.05) is 27.8 Å². The number of methoxy groups -OCH3 is 3. The van der Waals surface area contributed by atoms with Gasteiger partial charge in [0.05, 0.1) is 0 Å². The summed E-state index contributed by atoms with van der Waals surface area (Å²) in [5, 5.41) is 0. The summed E-state index contributed by atoms with van der Waals surface area (Å²) in [6, 6.07) is 0. The largest absolute Gasteiger partial charge is 0.331 e. The predicted octanol–water partition coefficient (Wildman–Crippen LogP) is 5.69. The van der Waals surface area contributed by atoms with Crippen molar-refractivity contribution in [2.24, 2.45) is 17.3 Å². The Labute approximate surface area is 149 Å². The van der Waals surface area contributed by atoms with Gasteiger partial charge in [0.2, 0.25) is 0 Å². The summed E-state index contributed by atoms with van der Waals surface area (Å²) in [5.41, 5.74) is 0.553. The summed E-state index contributed by atoms with van der Waals surface area (Å²) in [6.45, 7) is 2.44. The average Bonchev–Trinajstić information content (AvgIpc) is 3.13. The fourth-order valence-corrected chi connectivity index (χ4v) is 4.76. The first-order valence-corrected chi connectivity index (χ1v) is 9.91. The van der Waals surface area contributed by atoms with Gasteiger partial charge in [-0.1, -0.05) is 57.6 Å². The van der Waals surface area contributed by atoms with E-state index in [1.165, 1.54) is 57.8 Å². The molecule has 0 aliphatic heterocycles. The Morgan fingerprint density at radius 1 is 0.875 bits per heavy atom. The second kappa shape index (κ2) is 9.35. The summed E-state index contributed by atoms with van der Waals surface area (Å²) in [4.78, 5) is 0. The monoisotopic (exact) mass is 338 g/mol. The highest BCUT2D eigenvalue weighted by molar-refractivity contribution is 5.16. The molecule has 3 atom stereocenters. The lowest BCUT2D eigenvalue weighted by molar-refractivity contribution is -0.355. The van der Waals surface area contributed by atoms with E-state index in [0.717, 1.165) is 24.7 Å². The van der Waals surface area contributed by atoms with Gasteiger partial charge in [-0.15, -0.1) is 0 Å². The molecule has 3 unspecified atom stereocenters. The quantitative estimate of drug-likeness (QED) is 0.245. The Balaban J connectivity index is 1.43. The average molecular weight is 339 g/mol. The van der Waals surface area contributed by atoms with Crippen LogP contribution in [0, 0.1) is 17.3 Å². The Bertz CT molecular complexity index is 380. The van der Waals surface area contributed by atoms with Crippen LogP contribution in [0.5, 0.6) is 0 Å². The van der Waals surface area contributed by atoms with Crippen molar-refractivity contribution < 1.29 is 14.2 Å². The number of unbranched alkanes of at least 4 members (excludes halogenated alkanes) is 6. The normalized spacial score (nSPS) is 28.8. The highest BCUT2D eigenvalue weighted by Gasteiger charge is 2.42. The highest BCUT2D eigenvalue weighted by Crippen LogP contribution is 2.53. The topological polar surface area (TPSA) is 27.7 Å². The molecule has 1 fully saturated rings. The van der Waals surface area contributed by atoms with Crippen molar-refractivity contribution in [1.82, 2.24) is 0 Å². The zero-order valence-electron chi connectivity index (χ0n) is 16.3. The number of allylic oxidation sites excluding steroid dienone is 2. The molecule has 140 valence electrons. The molecule has 0 aromatic rings. The van der Waals surface area contributed by atoms with Gasteiger partial charge in [-0.3, -0.25) is 0 Å². The minimum atomic E-state index is -0.842. The molecule has 3 nitrogen and oxygen atoms in total. The second-order valence-electron chi connectivity index (χ2n) is 8.15. The van der Waals surface area contributed by atoms with Gasteiger partial charge < -0.3 is 14.2 Å². The van der Waals surface area contributed by atoms with Crippen molar-refractivity contribution in [2.75, 3.05) is 21.3 Å². The maximum absolute atomic E-state index is 5.32. The van der Waals surface area contributed by atoms with E-state index in [4.69, 9.17) is 14.2 Å². The molecule has 0 N–H and O–H groups in total. The maximum atomic E-state index is 5.32. The van der Waals surface area contributed by atoms with Gasteiger partial charge in [-0.25, -0.2) is 0 Å². The van der Waals surface area contributed by atoms with Gasteiger partial charge in [-0.05, 0) is 42.9 Å². The SMILES string of the molecule is COC(CCCCCCCCCC1CC2(C)C=CC1C2)(OC)OC. The molecule has 0 aromatic heterocycles. The summed E-state index contributed by atoms with van der Waals surface area (Å²) >= 11 is 0. The molecule has 2 aliphatic carbocycles. The van der Waals surface area contributed by atoms with Crippen LogP contribution in [-0.2, 0) is 14.2 Å². The molecule has 2 bridgehead atoms. The summed E-state index contributed by atoms with van der Waals surface area (Å²) in [6.07, 6.45) is 19.3. The van der Waals surface area contributed by atoms with Gasteiger partial charge in [-0.2, -0.15) is 0 Å². The third-order valence-electron chi connectivity index (χ3n) is 6.27. The summed E-state index contributed by atoms with van der Waals surface area (Å²) in [7, 11) is 4.91. The molecule has 0 radical (unpaired) electrons. The minimum absolute atomic E-state index is 0.553. The van der Waals surface area contributed by atoms with Crippen molar-refractivity contribution in [2.45, 2.75) is 83.5 Å². The van der Waals surface area contributed by atoms with Crippen LogP contribution in [0.15, 0.2) is 12.2 Å². The molecular weight excluding hydrogens is 300 g/mol. The van der Waals surface area contributed by atoms with Crippen LogP contribution in [0.4, 0.5) is 0 Å². The van der Waals surface area contributed by atoms with E-state index >= 15 is 0 Å². The lowest BCUT2D eigenvalue weighted by Gasteiger charge is -2.28. The molecule has 2 rings (SSSR count). The van der Waals surface area contributed by atoms with E-state index in [0.29, 0.717) is 5.41 Å². The van der Waals surface area contributed by atoms with Gasteiger partial charge in [0.15, 0.2) is 0 Å². The molecule has 24 heavy (non-hydrogen) atoms. The molecule has 0 spiro atoms. The number of hydrogen-bond donors (Lipinski definition) is 0. The Hall–Kier alpha value is -0.380. The smallest absolute Gasteiger partial charge is 0.282 e. The van der Waals surface area contributed by atoms with Crippen LogP contribution >= 0.6 is 0 Å². The first kappa shape index (κ1) is 19.9. The number of fused-ring (bicyclic) bond motifs is 2. The number of rotatable bonds is 13. The summed E-state index contributed by atoms with van der Waals surface area (Å²) in [5.74, 6) is 1.04. The molecule has 0 saturated heterocycles. The van der Waals surface area contributed by atoms with Crippen molar-refractivity contribution >= 4 is 0 Å². The number of ether oxygens (including phenoxy) is 3. The van der Waals surface area contributed by atoms with Crippen molar-refractivity contribution in [3.8, 4) is 0 Å². The van der Waals surface area contributed by atoms with Crippen LogP contribution < -0.4 is 0 Å². The van der Waals surface area contributed by atoms with Crippen LogP contribution in [-0.4, -0.2) is 27.3 Å². The second-order valence-corrected chi connectivity index (χ2v) is 8.15. The lowest BCUT2D eigenvalue weighted by atomic mass is 9.84. The van der Waals surface area contributed by atoms with E-state index in [9.17, 15) is 0 Å². The van der Waals surface area contributed by atoms with Crippen molar-refractivity contribution in [1.29, 1.82) is 0 Å². The van der Waals surface area contributed by atoms with Gasteiger partial charge in [0.25, 0.3) is 5.97 Å². The Morgan fingerprint density at radius 3 is 1.96 bits per heavy atom. The highest BCUT2D eigenvalue weighted by atomic mass is 16.9. The summed E-state index contributed by atoms with van der Waals surface area (Å²) < 4.78 is 16.0. The molecule has 1 saturated carbocycles. The lowest BCUT2D eigenvalue weighted by Crippen LogP contribution is -2.35. The fraction of sp³-hybridized carbons (Fsp3) is 0.905. The van der Waals surface area contributed by atoms with Crippen LogP contribution in [0.1, 0.15) is 77.6 Å². The number of hydrogen-bond acceptors (Lipinski definition) is 3. The molecule has 2 aliphatic rings. The maximum Gasteiger partial charge on any atom is 0.282 e. The van der Waals surface area contributed by atoms with Crippen LogP contribution in [0.2, 0.25) is 0 Å². The zero-order valence-corrected chi connectivity index (χ0v) is 16.3. The van der Waals surface area contributed by atoms with Gasteiger partial charge >= 0.3 is 0 Å². The first-order chi connectivity index (χ1) is 11.6. The molecule has 0 heterocycles. The van der Waals surface area contributed by atoms with Crippen LogP contribution in [0.3, 0.4) is 0 Å². The standard InChI is InChI=1S/C21H38O3/c1-20-15-13-19(17-20)18(16-20)12-10-8-6-5-7-9-11-14-21(22-2,23-3)24-4/h13,15,18-19H,5-12,14,16-17H2,1-4H3. The van der Waals surface area contributed by atoms with Crippen molar-refractivity contribution in [3.63, 3.8) is 0 Å². The fourth-order valence-electron chi connectivity index (χ4n) is 4.76. The van der Waals surface area contributed by atoms with E-state index in [1.54, 1.807) is 21.3 Å². The molecule has 3 heteroatoms. The van der Waals surface area contributed by atoms with Crippen molar-refractivity contribution in [3.05, 3.63) is 12.2 Å². The zero-order chi connectivity index (χ0) is 17.5. The Morgan fingerprint density at radius 2 is 1.46 bits per heavy atom. The Kier molecular flexibility index (Phi) is 7.77. The molecule has 0 aromatic carbocycles. The molecule has 0 amide bonds. The molecular formula is C21H38O3. The van der Waals surface area contributed by atoms with E-state index < -0.39 is 5.97 Å². The van der Waals surface area contributed by atoms with E-state index in [-0.39, 0.29) is 0 Å². The third-order valence-corrected chi connectivity index (χ3v) is 6.27. The van der Waals surface area contributed by atoms with Gasteiger partial charge in [0.1, 0.15) is 0 Å². The first-order valence-electron chi connectivity index (χ1n) is 9.91. The van der Waals surface area contributed by atoms with Crippen LogP contribution in [0.25, 0.3) is 0 Å². The predicted molar refractivity (Wildman–Crippen MR) is 98.8 cm³/mol.